The molecule has 1 atom stereocenters. The third-order valence-corrected chi connectivity index (χ3v) is 7.90. The van der Waals surface area contributed by atoms with Crippen molar-refractivity contribution in [3.63, 3.8) is 0 Å². The number of ether oxygens (including phenoxy) is 3. The molecule has 1 unspecified atom stereocenters. The molecule has 0 amide bonds. The topological polar surface area (TPSA) is 34.2 Å². The average Bonchev–Trinajstić information content (AvgIpc) is 3.03. The molecule has 0 bridgehead atoms. The van der Waals surface area contributed by atoms with Crippen molar-refractivity contribution in [2.45, 2.75) is 26.4 Å². The number of hydrogen-bond acceptors (Lipinski definition) is 5. The first kappa shape index (κ1) is 29.6. The molecule has 0 aliphatic carbocycles. The number of aryl methyl sites for hydroxylation is 1. The van der Waals surface area contributed by atoms with Crippen molar-refractivity contribution in [3.05, 3.63) is 131 Å². The Morgan fingerprint density at radius 2 is 1.50 bits per heavy atom. The van der Waals surface area contributed by atoms with Gasteiger partial charge in [-0.3, -0.25) is 0 Å². The average molecular weight is 569 g/mol. The number of nitrogens with zero attached hydrogens (tertiary/aromatic N) is 2. The van der Waals surface area contributed by atoms with Gasteiger partial charge in [0.25, 0.3) is 0 Å². The van der Waals surface area contributed by atoms with Crippen molar-refractivity contribution in [2.24, 2.45) is 0 Å². The van der Waals surface area contributed by atoms with Crippen LogP contribution in [0.25, 0.3) is 5.57 Å². The maximum atomic E-state index is 13.9. The molecular weight excluding hydrogens is 527 g/mol. The van der Waals surface area contributed by atoms with Crippen molar-refractivity contribution in [2.75, 3.05) is 57.5 Å². The van der Waals surface area contributed by atoms with Crippen LogP contribution in [0.1, 0.15) is 30.5 Å². The molecule has 5 nitrogen and oxygen atoms in total. The number of benzene rings is 3. The van der Waals surface area contributed by atoms with E-state index in [1.165, 1.54) is 23.4 Å². The lowest BCUT2D eigenvalue weighted by Gasteiger charge is -2.34. The van der Waals surface area contributed by atoms with E-state index in [2.05, 4.69) is 72.2 Å². The van der Waals surface area contributed by atoms with Gasteiger partial charge in [-0.05, 0) is 62.8 Å². The Labute approximate surface area is 249 Å². The minimum atomic E-state index is -0.739. The number of rotatable bonds is 5. The van der Waals surface area contributed by atoms with E-state index in [1.807, 2.05) is 37.3 Å². The Balaban J connectivity index is 0.000000226. The van der Waals surface area contributed by atoms with Gasteiger partial charge in [0.15, 0.2) is 0 Å². The van der Waals surface area contributed by atoms with Crippen molar-refractivity contribution >= 4 is 11.3 Å². The Kier molecular flexibility index (Phi) is 9.78. The summed E-state index contributed by atoms with van der Waals surface area (Å²) in [6.07, 6.45) is 6.18. The molecule has 6 heteroatoms. The predicted octanol–water partition coefficient (Wildman–Crippen LogP) is 7.11. The highest BCUT2D eigenvalue weighted by molar-refractivity contribution is 5.78. The molecule has 3 aliphatic rings. The quantitative estimate of drug-likeness (QED) is 0.328. The van der Waals surface area contributed by atoms with Crippen LogP contribution in [0.5, 0.6) is 0 Å². The molecular formula is C36H41FN2O3. The summed E-state index contributed by atoms with van der Waals surface area (Å²) in [6, 6.07) is 25.5. The van der Waals surface area contributed by atoms with Gasteiger partial charge in [0.1, 0.15) is 17.2 Å². The van der Waals surface area contributed by atoms with Crippen molar-refractivity contribution in [1.29, 1.82) is 0 Å². The first-order valence-electron chi connectivity index (χ1n) is 14.8. The van der Waals surface area contributed by atoms with Crippen LogP contribution in [0, 0.1) is 12.7 Å². The molecule has 0 saturated carbocycles. The van der Waals surface area contributed by atoms with Crippen LogP contribution in [0.2, 0.25) is 0 Å². The molecule has 3 aromatic rings. The number of morpholine rings is 2. The van der Waals surface area contributed by atoms with E-state index in [0.29, 0.717) is 0 Å². The molecule has 0 aromatic heterocycles. The van der Waals surface area contributed by atoms with Gasteiger partial charge in [-0.25, -0.2) is 4.39 Å². The standard InChI is InChI=1S/C25H26FNO2.C11H15NO/c1-19(27-13-15-28-16-14-27)17-24-23(20-7-4-3-5-8-20)11-12-25(2,29-24)21-9-6-10-22(26)18-21;1-10-2-4-11(5-3-10)12-6-8-13-9-7-12/h3-12,17-18H,13-16H2,1-2H3;2-5H,6-9H2,1H3/b19-17+;. The highest BCUT2D eigenvalue weighted by Crippen LogP contribution is 2.39. The third-order valence-electron chi connectivity index (χ3n) is 7.90. The van der Waals surface area contributed by atoms with Gasteiger partial charge in [-0.15, -0.1) is 0 Å². The van der Waals surface area contributed by atoms with Crippen LogP contribution in [-0.2, 0) is 19.8 Å². The summed E-state index contributed by atoms with van der Waals surface area (Å²) in [6.45, 7) is 13.1. The molecule has 0 radical (unpaired) electrons. The maximum Gasteiger partial charge on any atom is 0.150 e. The number of halogens is 1. The minimum Gasteiger partial charge on any atom is -0.478 e. The second-order valence-electron chi connectivity index (χ2n) is 11.0. The summed E-state index contributed by atoms with van der Waals surface area (Å²) in [4.78, 5) is 4.67. The third kappa shape index (κ3) is 7.50. The molecule has 2 fully saturated rings. The predicted molar refractivity (Wildman–Crippen MR) is 168 cm³/mol. The van der Waals surface area contributed by atoms with E-state index in [-0.39, 0.29) is 5.82 Å². The lowest BCUT2D eigenvalue weighted by molar-refractivity contribution is 0.0507. The highest BCUT2D eigenvalue weighted by Gasteiger charge is 2.31. The maximum absolute atomic E-state index is 13.9. The Hall–Kier alpha value is -3.87. The largest absolute Gasteiger partial charge is 0.478 e. The van der Waals surface area contributed by atoms with Gasteiger partial charge in [-0.1, -0.05) is 66.2 Å². The monoisotopic (exact) mass is 568 g/mol. The van der Waals surface area contributed by atoms with Crippen LogP contribution in [0.15, 0.2) is 109 Å². The fraction of sp³-hybridized carbons (Fsp3) is 0.333. The minimum absolute atomic E-state index is 0.264. The van der Waals surface area contributed by atoms with Gasteiger partial charge < -0.3 is 24.0 Å². The lowest BCUT2D eigenvalue weighted by atomic mass is 9.90. The Bertz CT molecular complexity index is 1410. The molecule has 42 heavy (non-hydrogen) atoms. The fourth-order valence-corrected chi connectivity index (χ4v) is 5.33. The van der Waals surface area contributed by atoms with Gasteiger partial charge in [0.2, 0.25) is 0 Å². The van der Waals surface area contributed by atoms with E-state index in [0.717, 1.165) is 80.8 Å². The summed E-state index contributed by atoms with van der Waals surface area (Å²) < 4.78 is 31.2. The van der Waals surface area contributed by atoms with Crippen molar-refractivity contribution < 1.29 is 18.6 Å². The first-order valence-corrected chi connectivity index (χ1v) is 14.8. The lowest BCUT2D eigenvalue weighted by Crippen LogP contribution is -2.36. The molecule has 0 N–H and O–H groups in total. The highest BCUT2D eigenvalue weighted by atomic mass is 19.1. The van der Waals surface area contributed by atoms with E-state index in [4.69, 9.17) is 14.2 Å². The zero-order valence-electron chi connectivity index (χ0n) is 24.9. The molecule has 0 spiro atoms. The summed E-state index contributed by atoms with van der Waals surface area (Å²) in [5.74, 6) is 0.523. The second kappa shape index (κ2) is 13.9. The second-order valence-corrected chi connectivity index (χ2v) is 11.0. The Morgan fingerprint density at radius 3 is 2.17 bits per heavy atom. The van der Waals surface area contributed by atoms with Gasteiger partial charge in [0.05, 0.1) is 26.4 Å². The van der Waals surface area contributed by atoms with Crippen molar-refractivity contribution in [1.82, 2.24) is 4.90 Å². The van der Waals surface area contributed by atoms with Crippen LogP contribution in [0.4, 0.5) is 10.1 Å². The van der Waals surface area contributed by atoms with Crippen LogP contribution in [0.3, 0.4) is 0 Å². The van der Waals surface area contributed by atoms with E-state index in [9.17, 15) is 4.39 Å². The van der Waals surface area contributed by atoms with E-state index in [1.54, 1.807) is 6.07 Å². The van der Waals surface area contributed by atoms with Crippen LogP contribution in [-0.4, -0.2) is 57.5 Å². The molecule has 220 valence electrons. The summed E-state index contributed by atoms with van der Waals surface area (Å²) in [5.41, 5.74) is 5.92. The van der Waals surface area contributed by atoms with Gasteiger partial charge in [-0.2, -0.15) is 0 Å². The summed E-state index contributed by atoms with van der Waals surface area (Å²) in [5, 5.41) is 0. The molecule has 3 aromatic carbocycles. The number of allylic oxidation sites excluding steroid dienone is 4. The SMILES string of the molecule is C/C(=C\C1=C(c2ccccc2)C=CC(C)(c2cccc(F)c2)O1)N1CCOCC1.Cc1ccc(N2CCOCC2)cc1. The fourth-order valence-electron chi connectivity index (χ4n) is 5.33. The Morgan fingerprint density at radius 1 is 0.833 bits per heavy atom. The van der Waals surface area contributed by atoms with Gasteiger partial charge in [0, 0.05) is 48.7 Å². The number of hydrogen-bond donors (Lipinski definition) is 0. The molecule has 3 heterocycles. The zero-order valence-corrected chi connectivity index (χ0v) is 24.9. The zero-order chi connectivity index (χ0) is 29.4. The molecule has 6 rings (SSSR count). The van der Waals surface area contributed by atoms with Crippen molar-refractivity contribution in [3.8, 4) is 0 Å². The summed E-state index contributed by atoms with van der Waals surface area (Å²) >= 11 is 0. The summed E-state index contributed by atoms with van der Waals surface area (Å²) in [7, 11) is 0. The van der Waals surface area contributed by atoms with Crippen LogP contribution >= 0.6 is 0 Å². The molecule has 3 aliphatic heterocycles. The first-order chi connectivity index (χ1) is 20.4. The van der Waals surface area contributed by atoms with Crippen LogP contribution < -0.4 is 4.90 Å². The molecule has 2 saturated heterocycles. The smallest absolute Gasteiger partial charge is 0.150 e. The normalized spacial score (nSPS) is 21.0. The van der Waals surface area contributed by atoms with E-state index < -0.39 is 5.60 Å². The number of anilines is 1. The van der Waals surface area contributed by atoms with Gasteiger partial charge >= 0.3 is 0 Å². The van der Waals surface area contributed by atoms with E-state index >= 15 is 0 Å².